The Labute approximate surface area is 132 Å². The maximum Gasteiger partial charge on any atom is 0.247 e. The van der Waals surface area contributed by atoms with Crippen LogP contribution < -0.4 is 5.73 Å². The summed E-state index contributed by atoms with van der Waals surface area (Å²) in [6.07, 6.45) is 3.02. The molecule has 0 saturated carbocycles. The molecule has 1 aliphatic heterocycles. The summed E-state index contributed by atoms with van der Waals surface area (Å²) in [7, 11) is 0. The van der Waals surface area contributed by atoms with Gasteiger partial charge in [-0.05, 0) is 50.8 Å². The van der Waals surface area contributed by atoms with Gasteiger partial charge in [0.2, 0.25) is 11.7 Å². The molecule has 6 nitrogen and oxygen atoms in total. The lowest BCUT2D eigenvalue weighted by Gasteiger charge is -2.29. The molecule has 0 aromatic carbocycles. The number of nitrogens with zero attached hydrogens (tertiary/aromatic N) is 3. The van der Waals surface area contributed by atoms with E-state index in [4.69, 9.17) is 15.0 Å². The number of hydrogen-bond acceptors (Lipinski definition) is 6. The van der Waals surface area contributed by atoms with Crippen molar-refractivity contribution in [1.29, 1.82) is 0 Å². The summed E-state index contributed by atoms with van der Waals surface area (Å²) in [4.78, 5) is 8.69. The molecule has 1 aliphatic rings. The van der Waals surface area contributed by atoms with Gasteiger partial charge in [-0.2, -0.15) is 4.98 Å². The lowest BCUT2D eigenvalue weighted by atomic mass is 9.91. The molecule has 0 unspecified atom stereocenters. The molecule has 3 rings (SSSR count). The van der Waals surface area contributed by atoms with Crippen LogP contribution in [0.4, 0.5) is 0 Å². The zero-order chi connectivity index (χ0) is 14.2. The molecular weight excluding hydrogens is 392 g/mol. The van der Waals surface area contributed by atoms with Gasteiger partial charge in [0.05, 0.1) is 0 Å². The molecule has 2 aromatic heterocycles. The van der Waals surface area contributed by atoms with E-state index in [1.165, 1.54) is 0 Å². The van der Waals surface area contributed by atoms with Crippen molar-refractivity contribution >= 4 is 31.9 Å². The Hall–Kier alpha value is -0.830. The fraction of sp³-hybridized carbons (Fsp3) is 0.417. The normalized spacial score (nSPS) is 18.1. The molecule has 3 heterocycles. The molecule has 0 aliphatic carbocycles. The zero-order valence-corrected chi connectivity index (χ0v) is 13.6. The van der Waals surface area contributed by atoms with Crippen molar-refractivity contribution in [2.24, 2.45) is 5.73 Å². The third-order valence-electron chi connectivity index (χ3n) is 3.26. The van der Waals surface area contributed by atoms with Crippen LogP contribution >= 0.6 is 31.9 Å². The molecule has 2 N–H and O–H groups in total. The van der Waals surface area contributed by atoms with E-state index in [1.807, 2.05) is 6.07 Å². The van der Waals surface area contributed by atoms with E-state index in [1.54, 1.807) is 6.20 Å². The fourth-order valence-corrected chi connectivity index (χ4v) is 3.22. The molecule has 106 valence electrons. The van der Waals surface area contributed by atoms with Crippen LogP contribution in [0.15, 0.2) is 25.7 Å². The topological polar surface area (TPSA) is 87.1 Å². The average molecular weight is 404 g/mol. The highest BCUT2D eigenvalue weighted by atomic mass is 79.9. The van der Waals surface area contributed by atoms with E-state index in [-0.39, 0.29) is 0 Å². The van der Waals surface area contributed by atoms with Gasteiger partial charge in [0.25, 0.3) is 0 Å². The Balaban J connectivity index is 1.93. The van der Waals surface area contributed by atoms with E-state index in [0.29, 0.717) is 43.5 Å². The second-order valence-corrected chi connectivity index (χ2v) is 6.45. The predicted molar refractivity (Wildman–Crippen MR) is 78.8 cm³/mol. The zero-order valence-electron chi connectivity index (χ0n) is 10.5. The highest BCUT2D eigenvalue weighted by molar-refractivity contribution is 9.11. The Morgan fingerprint density at radius 2 is 2.00 bits per heavy atom. The summed E-state index contributed by atoms with van der Waals surface area (Å²) in [6, 6.07) is 1.88. The largest absolute Gasteiger partial charge is 0.381 e. The second kappa shape index (κ2) is 5.51. The first-order valence-corrected chi connectivity index (χ1v) is 7.69. The monoisotopic (exact) mass is 402 g/mol. The quantitative estimate of drug-likeness (QED) is 0.829. The molecular formula is C12H12Br2N4O2. The predicted octanol–water partition coefficient (Wildman–Crippen LogP) is 2.62. The van der Waals surface area contributed by atoms with Crippen molar-refractivity contribution < 1.29 is 9.26 Å². The average Bonchev–Trinajstić information content (AvgIpc) is 2.90. The van der Waals surface area contributed by atoms with Crippen LogP contribution in [0.2, 0.25) is 0 Å². The molecule has 0 bridgehead atoms. The van der Waals surface area contributed by atoms with Crippen LogP contribution in [0.25, 0.3) is 11.5 Å². The molecule has 0 atom stereocenters. The van der Waals surface area contributed by atoms with E-state index in [2.05, 4.69) is 47.0 Å². The van der Waals surface area contributed by atoms with Crippen LogP contribution in [0.5, 0.6) is 0 Å². The van der Waals surface area contributed by atoms with E-state index >= 15 is 0 Å². The minimum Gasteiger partial charge on any atom is -0.381 e. The molecule has 1 saturated heterocycles. The van der Waals surface area contributed by atoms with Gasteiger partial charge in [0, 0.05) is 28.4 Å². The summed E-state index contributed by atoms with van der Waals surface area (Å²) in [5.41, 5.74) is 6.34. The lowest BCUT2D eigenvalue weighted by Crippen LogP contribution is -2.42. The van der Waals surface area contributed by atoms with Crippen LogP contribution in [0.3, 0.4) is 0 Å². The van der Waals surface area contributed by atoms with Crippen molar-refractivity contribution in [2.75, 3.05) is 13.2 Å². The summed E-state index contributed by atoms with van der Waals surface area (Å²) < 4.78 is 12.3. The van der Waals surface area contributed by atoms with Gasteiger partial charge in [0.1, 0.15) is 11.2 Å². The molecule has 20 heavy (non-hydrogen) atoms. The first kappa shape index (κ1) is 14.1. The first-order chi connectivity index (χ1) is 9.58. The van der Waals surface area contributed by atoms with Crippen molar-refractivity contribution in [3.63, 3.8) is 0 Å². The Bertz CT molecular complexity index is 626. The second-order valence-electron chi connectivity index (χ2n) is 4.68. The van der Waals surface area contributed by atoms with Gasteiger partial charge >= 0.3 is 0 Å². The van der Waals surface area contributed by atoms with Crippen molar-refractivity contribution in [3.05, 3.63) is 27.1 Å². The molecule has 2 aromatic rings. The molecule has 8 heteroatoms. The maximum atomic E-state index is 6.32. The van der Waals surface area contributed by atoms with Gasteiger partial charge < -0.3 is 15.0 Å². The Morgan fingerprint density at radius 1 is 1.25 bits per heavy atom. The molecule has 0 radical (unpaired) electrons. The summed E-state index contributed by atoms with van der Waals surface area (Å²) >= 11 is 6.79. The van der Waals surface area contributed by atoms with Crippen LogP contribution in [0, 0.1) is 0 Å². The highest BCUT2D eigenvalue weighted by Gasteiger charge is 2.36. The summed E-state index contributed by atoms with van der Waals surface area (Å²) in [6.45, 7) is 1.21. The Kier molecular flexibility index (Phi) is 3.89. The van der Waals surface area contributed by atoms with Crippen molar-refractivity contribution in [1.82, 2.24) is 15.1 Å². The SMILES string of the molecule is NC1(c2nc(-c3ncc(Br)cc3Br)no2)CCOCC1. The van der Waals surface area contributed by atoms with E-state index in [9.17, 15) is 0 Å². The maximum absolute atomic E-state index is 6.32. The van der Waals surface area contributed by atoms with E-state index < -0.39 is 5.54 Å². The number of pyridine rings is 1. The summed E-state index contributed by atoms with van der Waals surface area (Å²) in [5, 5.41) is 3.98. The smallest absolute Gasteiger partial charge is 0.247 e. The Morgan fingerprint density at radius 3 is 2.70 bits per heavy atom. The number of ether oxygens (including phenoxy) is 1. The number of aromatic nitrogens is 3. The van der Waals surface area contributed by atoms with Gasteiger partial charge in [-0.3, -0.25) is 4.98 Å². The first-order valence-electron chi connectivity index (χ1n) is 6.11. The van der Waals surface area contributed by atoms with Gasteiger partial charge in [-0.15, -0.1) is 0 Å². The number of rotatable bonds is 2. The van der Waals surface area contributed by atoms with Crippen LogP contribution in [-0.4, -0.2) is 28.3 Å². The van der Waals surface area contributed by atoms with Gasteiger partial charge in [-0.25, -0.2) is 0 Å². The molecule has 0 amide bonds. The lowest BCUT2D eigenvalue weighted by molar-refractivity contribution is 0.0400. The van der Waals surface area contributed by atoms with Crippen LogP contribution in [0.1, 0.15) is 18.7 Å². The highest BCUT2D eigenvalue weighted by Crippen LogP contribution is 2.31. The molecule has 1 fully saturated rings. The minimum atomic E-state index is -0.606. The van der Waals surface area contributed by atoms with Gasteiger partial charge in [0.15, 0.2) is 0 Å². The van der Waals surface area contributed by atoms with E-state index in [0.717, 1.165) is 8.95 Å². The van der Waals surface area contributed by atoms with Crippen LogP contribution in [-0.2, 0) is 10.3 Å². The molecule has 0 spiro atoms. The standard InChI is InChI=1S/C12H12Br2N4O2/c13-7-5-8(14)9(16-6-7)10-17-11(20-18-10)12(15)1-3-19-4-2-12/h5-6H,1-4,15H2. The fourth-order valence-electron chi connectivity index (χ4n) is 2.05. The van der Waals surface area contributed by atoms with Crippen molar-refractivity contribution in [2.45, 2.75) is 18.4 Å². The summed E-state index contributed by atoms with van der Waals surface area (Å²) in [5.74, 6) is 0.864. The number of nitrogens with two attached hydrogens (primary N) is 1. The number of hydrogen-bond donors (Lipinski definition) is 1. The third-order valence-corrected chi connectivity index (χ3v) is 4.29. The minimum absolute atomic E-state index is 0.427. The third kappa shape index (κ3) is 2.65. The van der Waals surface area contributed by atoms with Crippen molar-refractivity contribution in [3.8, 4) is 11.5 Å². The van der Waals surface area contributed by atoms with Gasteiger partial charge in [-0.1, -0.05) is 5.16 Å². The number of halogens is 2.